The molecule has 0 heterocycles. The SMILES string of the molecule is Cc1ccc(CCNS(=O)(=O)c2ccc(F)cc2)c(C)c1. The van der Waals surface area contributed by atoms with Crippen LogP contribution in [-0.2, 0) is 16.4 Å². The van der Waals surface area contributed by atoms with Crippen molar-refractivity contribution in [1.29, 1.82) is 0 Å². The Balaban J connectivity index is 2.00. The highest BCUT2D eigenvalue weighted by atomic mass is 32.2. The smallest absolute Gasteiger partial charge is 0.211 e. The number of aryl methyl sites for hydroxylation is 2. The highest BCUT2D eigenvalue weighted by Gasteiger charge is 2.13. The minimum atomic E-state index is -3.58. The van der Waals surface area contributed by atoms with Crippen LogP contribution in [0.5, 0.6) is 0 Å². The van der Waals surface area contributed by atoms with Crippen LogP contribution in [0.2, 0.25) is 0 Å². The summed E-state index contributed by atoms with van der Waals surface area (Å²) in [6, 6.07) is 10.9. The molecule has 0 aliphatic carbocycles. The van der Waals surface area contributed by atoms with Gasteiger partial charge in [-0.25, -0.2) is 17.5 Å². The third-order valence-corrected chi connectivity index (χ3v) is 4.79. The summed E-state index contributed by atoms with van der Waals surface area (Å²) in [4.78, 5) is 0.0736. The van der Waals surface area contributed by atoms with E-state index in [2.05, 4.69) is 10.8 Å². The molecule has 0 bridgehead atoms. The standard InChI is InChI=1S/C16H18FNO2S/c1-12-3-4-14(13(2)11-12)9-10-18-21(19,20)16-7-5-15(17)6-8-16/h3-8,11,18H,9-10H2,1-2H3. The number of sulfonamides is 1. The largest absolute Gasteiger partial charge is 0.240 e. The number of rotatable bonds is 5. The number of hydrogen-bond acceptors (Lipinski definition) is 2. The third-order valence-electron chi connectivity index (χ3n) is 3.31. The summed E-state index contributed by atoms with van der Waals surface area (Å²) >= 11 is 0. The van der Waals surface area contributed by atoms with Crippen molar-refractivity contribution in [2.24, 2.45) is 0 Å². The maximum absolute atomic E-state index is 12.8. The van der Waals surface area contributed by atoms with Gasteiger partial charge in [0.05, 0.1) is 4.90 Å². The van der Waals surface area contributed by atoms with Gasteiger partial charge in [0, 0.05) is 6.54 Å². The molecule has 112 valence electrons. The van der Waals surface area contributed by atoms with Crippen molar-refractivity contribution in [3.05, 3.63) is 65.0 Å². The van der Waals surface area contributed by atoms with Gasteiger partial charge in [-0.2, -0.15) is 0 Å². The van der Waals surface area contributed by atoms with Gasteiger partial charge in [-0.05, 0) is 55.7 Å². The van der Waals surface area contributed by atoms with Gasteiger partial charge < -0.3 is 0 Å². The zero-order chi connectivity index (χ0) is 15.5. The van der Waals surface area contributed by atoms with Gasteiger partial charge in [0.25, 0.3) is 0 Å². The molecule has 0 aliphatic rings. The summed E-state index contributed by atoms with van der Waals surface area (Å²) < 4.78 is 39.4. The molecule has 0 amide bonds. The quantitative estimate of drug-likeness (QED) is 0.923. The Kier molecular flexibility index (Phi) is 4.75. The van der Waals surface area contributed by atoms with Crippen molar-refractivity contribution in [3.8, 4) is 0 Å². The Morgan fingerprint density at radius 3 is 2.33 bits per heavy atom. The summed E-state index contributed by atoms with van der Waals surface area (Å²) in [6.07, 6.45) is 0.618. The second-order valence-electron chi connectivity index (χ2n) is 5.03. The summed E-state index contributed by atoms with van der Waals surface area (Å²) in [5.41, 5.74) is 3.45. The first-order chi connectivity index (χ1) is 9.88. The summed E-state index contributed by atoms with van der Waals surface area (Å²) in [7, 11) is -3.58. The van der Waals surface area contributed by atoms with E-state index in [1.54, 1.807) is 0 Å². The van der Waals surface area contributed by atoms with E-state index in [0.717, 1.165) is 23.3 Å². The van der Waals surface area contributed by atoms with Crippen LogP contribution in [0, 0.1) is 19.7 Å². The molecule has 0 aliphatic heterocycles. The highest BCUT2D eigenvalue weighted by Crippen LogP contribution is 2.12. The minimum absolute atomic E-state index is 0.0736. The third kappa shape index (κ3) is 4.12. The van der Waals surface area contributed by atoms with Gasteiger partial charge in [-0.3, -0.25) is 0 Å². The van der Waals surface area contributed by atoms with Crippen LogP contribution in [0.15, 0.2) is 47.4 Å². The number of hydrogen-bond donors (Lipinski definition) is 1. The van der Waals surface area contributed by atoms with E-state index in [0.29, 0.717) is 13.0 Å². The van der Waals surface area contributed by atoms with E-state index in [1.807, 2.05) is 26.0 Å². The van der Waals surface area contributed by atoms with Crippen LogP contribution in [-0.4, -0.2) is 15.0 Å². The Morgan fingerprint density at radius 1 is 1.05 bits per heavy atom. The molecule has 21 heavy (non-hydrogen) atoms. The number of halogens is 1. The predicted octanol–water partition coefficient (Wildman–Crippen LogP) is 2.96. The molecule has 0 aromatic heterocycles. The minimum Gasteiger partial charge on any atom is -0.211 e. The molecule has 2 rings (SSSR count). The van der Waals surface area contributed by atoms with E-state index in [1.165, 1.54) is 17.7 Å². The van der Waals surface area contributed by atoms with Crippen LogP contribution in [0.4, 0.5) is 4.39 Å². The molecule has 0 spiro atoms. The average Bonchev–Trinajstić information content (AvgIpc) is 2.41. The van der Waals surface area contributed by atoms with Crippen LogP contribution >= 0.6 is 0 Å². The molecule has 0 unspecified atom stereocenters. The second kappa shape index (κ2) is 6.37. The summed E-state index contributed by atoms with van der Waals surface area (Å²) in [5.74, 6) is -0.454. The van der Waals surface area contributed by atoms with Crippen molar-refractivity contribution >= 4 is 10.0 Å². The van der Waals surface area contributed by atoms with Crippen molar-refractivity contribution in [2.45, 2.75) is 25.2 Å². The lowest BCUT2D eigenvalue weighted by Gasteiger charge is -2.09. The Morgan fingerprint density at radius 2 is 1.71 bits per heavy atom. The van der Waals surface area contributed by atoms with Gasteiger partial charge in [-0.1, -0.05) is 23.8 Å². The molecular weight excluding hydrogens is 289 g/mol. The van der Waals surface area contributed by atoms with Gasteiger partial charge in [0.1, 0.15) is 5.82 Å². The van der Waals surface area contributed by atoms with E-state index < -0.39 is 15.8 Å². The Hall–Kier alpha value is -1.72. The van der Waals surface area contributed by atoms with Gasteiger partial charge >= 0.3 is 0 Å². The molecule has 0 radical (unpaired) electrons. The lowest BCUT2D eigenvalue weighted by atomic mass is 10.0. The van der Waals surface area contributed by atoms with Gasteiger partial charge in [0.15, 0.2) is 0 Å². The normalized spacial score (nSPS) is 11.6. The Bertz CT molecular complexity index is 724. The fourth-order valence-electron chi connectivity index (χ4n) is 2.14. The Labute approximate surface area is 124 Å². The summed E-state index contributed by atoms with van der Waals surface area (Å²) in [6.45, 7) is 4.34. The molecule has 3 nitrogen and oxygen atoms in total. The zero-order valence-electron chi connectivity index (χ0n) is 12.1. The van der Waals surface area contributed by atoms with Crippen LogP contribution in [0.1, 0.15) is 16.7 Å². The molecule has 0 atom stereocenters. The van der Waals surface area contributed by atoms with Gasteiger partial charge in [-0.15, -0.1) is 0 Å². The van der Waals surface area contributed by atoms with E-state index in [4.69, 9.17) is 0 Å². The van der Waals surface area contributed by atoms with Crippen molar-refractivity contribution in [2.75, 3.05) is 6.54 Å². The van der Waals surface area contributed by atoms with Crippen molar-refractivity contribution < 1.29 is 12.8 Å². The topological polar surface area (TPSA) is 46.2 Å². The maximum atomic E-state index is 12.8. The first kappa shape index (κ1) is 15.7. The van der Waals surface area contributed by atoms with Crippen molar-refractivity contribution in [3.63, 3.8) is 0 Å². The molecule has 2 aromatic carbocycles. The van der Waals surface area contributed by atoms with E-state index >= 15 is 0 Å². The highest BCUT2D eigenvalue weighted by molar-refractivity contribution is 7.89. The fourth-order valence-corrected chi connectivity index (χ4v) is 3.18. The fraction of sp³-hybridized carbons (Fsp3) is 0.250. The maximum Gasteiger partial charge on any atom is 0.240 e. The lowest BCUT2D eigenvalue weighted by Crippen LogP contribution is -2.26. The second-order valence-corrected chi connectivity index (χ2v) is 6.80. The van der Waals surface area contributed by atoms with Gasteiger partial charge in [0.2, 0.25) is 10.0 Å². The van der Waals surface area contributed by atoms with Crippen LogP contribution in [0.3, 0.4) is 0 Å². The first-order valence-corrected chi connectivity index (χ1v) is 8.18. The molecule has 0 saturated heterocycles. The molecule has 1 N–H and O–H groups in total. The first-order valence-electron chi connectivity index (χ1n) is 6.70. The van der Waals surface area contributed by atoms with Crippen LogP contribution < -0.4 is 4.72 Å². The van der Waals surface area contributed by atoms with Crippen LogP contribution in [0.25, 0.3) is 0 Å². The predicted molar refractivity (Wildman–Crippen MR) is 81.2 cm³/mol. The zero-order valence-corrected chi connectivity index (χ0v) is 12.9. The van der Waals surface area contributed by atoms with E-state index in [-0.39, 0.29) is 4.90 Å². The lowest BCUT2D eigenvalue weighted by molar-refractivity contribution is 0.580. The molecule has 0 fully saturated rings. The number of nitrogens with one attached hydrogen (secondary N) is 1. The molecule has 5 heteroatoms. The molecular formula is C16H18FNO2S. The van der Waals surface area contributed by atoms with E-state index in [9.17, 15) is 12.8 Å². The molecule has 2 aromatic rings. The average molecular weight is 307 g/mol. The number of benzene rings is 2. The monoisotopic (exact) mass is 307 g/mol. The molecule has 0 saturated carbocycles. The van der Waals surface area contributed by atoms with Crippen molar-refractivity contribution in [1.82, 2.24) is 4.72 Å². The summed E-state index contributed by atoms with van der Waals surface area (Å²) in [5, 5.41) is 0.